The molecule has 0 fully saturated rings. The number of hydrogen-bond acceptors (Lipinski definition) is 2. The molecule has 0 saturated carbocycles. The van der Waals surface area contributed by atoms with Gasteiger partial charge in [-0.1, -0.05) is 35.9 Å². The summed E-state index contributed by atoms with van der Waals surface area (Å²) in [6, 6.07) is 11.4. The Balaban J connectivity index is 2.27. The minimum absolute atomic E-state index is 0.175. The lowest BCUT2D eigenvalue weighted by Gasteiger charge is -2.14. The molecule has 1 atom stereocenters. The van der Waals surface area contributed by atoms with Gasteiger partial charge >= 0.3 is 11.9 Å². The molecule has 0 bridgehead atoms. The molecule has 0 aliphatic heterocycles. The van der Waals surface area contributed by atoms with E-state index in [4.69, 9.17) is 16.7 Å². The average molecular weight is 319 g/mol. The second-order valence-electron chi connectivity index (χ2n) is 5.11. The van der Waals surface area contributed by atoms with Crippen molar-refractivity contribution in [3.63, 3.8) is 0 Å². The molecule has 0 saturated heterocycles. The van der Waals surface area contributed by atoms with E-state index in [1.54, 1.807) is 30.3 Å². The van der Waals surface area contributed by atoms with Crippen LogP contribution in [0.3, 0.4) is 0 Å². The average Bonchev–Trinajstić information content (AvgIpc) is 2.48. The van der Waals surface area contributed by atoms with Crippen LogP contribution in [0.4, 0.5) is 0 Å². The fourth-order valence-corrected chi connectivity index (χ4v) is 2.38. The third-order valence-corrected chi connectivity index (χ3v) is 3.94. The van der Waals surface area contributed by atoms with Crippen LogP contribution in [0, 0.1) is 6.92 Å². The molecule has 2 aromatic carbocycles. The van der Waals surface area contributed by atoms with Crippen LogP contribution in [0.1, 0.15) is 33.0 Å². The van der Waals surface area contributed by atoms with Crippen molar-refractivity contribution in [2.45, 2.75) is 19.3 Å². The van der Waals surface area contributed by atoms with E-state index in [0.717, 1.165) is 11.1 Å². The highest BCUT2D eigenvalue weighted by atomic mass is 35.5. The van der Waals surface area contributed by atoms with Gasteiger partial charge in [-0.3, -0.25) is 4.79 Å². The summed E-state index contributed by atoms with van der Waals surface area (Å²) in [6.07, 6.45) is 0.272. The second-order valence-corrected chi connectivity index (χ2v) is 5.51. The maximum absolute atomic E-state index is 11.5. The Morgan fingerprint density at radius 3 is 2.23 bits per heavy atom. The predicted octanol–water partition coefficient (Wildman–Crippen LogP) is 3.76. The van der Waals surface area contributed by atoms with E-state index in [1.165, 1.54) is 12.1 Å². The summed E-state index contributed by atoms with van der Waals surface area (Å²) in [4.78, 5) is 22.4. The summed E-state index contributed by atoms with van der Waals surface area (Å²) in [6.45, 7) is 1.85. The number of halogens is 1. The van der Waals surface area contributed by atoms with Crippen molar-refractivity contribution < 1.29 is 19.8 Å². The van der Waals surface area contributed by atoms with Crippen molar-refractivity contribution in [2.75, 3.05) is 0 Å². The zero-order valence-electron chi connectivity index (χ0n) is 11.9. The van der Waals surface area contributed by atoms with Crippen LogP contribution >= 0.6 is 11.6 Å². The van der Waals surface area contributed by atoms with Crippen molar-refractivity contribution in [2.24, 2.45) is 0 Å². The third kappa shape index (κ3) is 3.65. The molecule has 0 aliphatic carbocycles. The Bertz CT molecular complexity index is 707. The van der Waals surface area contributed by atoms with Crippen molar-refractivity contribution in [1.82, 2.24) is 0 Å². The Hall–Kier alpha value is -2.33. The molecule has 114 valence electrons. The molecule has 0 spiro atoms. The Kier molecular flexibility index (Phi) is 4.83. The molecule has 2 rings (SSSR count). The summed E-state index contributed by atoms with van der Waals surface area (Å²) in [7, 11) is 0. The molecule has 0 heterocycles. The highest BCUT2D eigenvalue weighted by Crippen LogP contribution is 2.26. The Morgan fingerprint density at radius 1 is 1.09 bits per heavy atom. The van der Waals surface area contributed by atoms with Crippen LogP contribution < -0.4 is 0 Å². The largest absolute Gasteiger partial charge is 0.481 e. The zero-order valence-corrected chi connectivity index (χ0v) is 12.7. The van der Waals surface area contributed by atoms with Crippen molar-refractivity contribution in [3.8, 4) is 0 Å². The molecular formula is C17H15ClO4. The van der Waals surface area contributed by atoms with E-state index < -0.39 is 17.9 Å². The van der Waals surface area contributed by atoms with Crippen molar-refractivity contribution in [3.05, 3.63) is 69.7 Å². The molecule has 0 aliphatic rings. The van der Waals surface area contributed by atoms with Gasteiger partial charge in [0.15, 0.2) is 0 Å². The van der Waals surface area contributed by atoms with Crippen LogP contribution in [0.5, 0.6) is 0 Å². The van der Waals surface area contributed by atoms with E-state index in [9.17, 15) is 14.7 Å². The summed E-state index contributed by atoms with van der Waals surface area (Å²) < 4.78 is 0. The molecule has 4 nitrogen and oxygen atoms in total. The number of rotatable bonds is 5. The van der Waals surface area contributed by atoms with Gasteiger partial charge in [-0.05, 0) is 48.2 Å². The summed E-state index contributed by atoms with van der Waals surface area (Å²) in [5.74, 6) is -2.68. The molecule has 0 radical (unpaired) electrons. The first kappa shape index (κ1) is 16.0. The number of benzene rings is 2. The molecule has 5 heteroatoms. The first-order chi connectivity index (χ1) is 10.4. The highest BCUT2D eigenvalue weighted by Gasteiger charge is 2.21. The maximum atomic E-state index is 11.5. The monoisotopic (exact) mass is 318 g/mol. The van der Waals surface area contributed by atoms with Gasteiger partial charge in [-0.2, -0.15) is 0 Å². The van der Waals surface area contributed by atoms with Crippen LogP contribution in [0.25, 0.3) is 0 Å². The van der Waals surface area contributed by atoms with Gasteiger partial charge in [0.05, 0.1) is 11.5 Å². The van der Waals surface area contributed by atoms with Crippen LogP contribution in [-0.4, -0.2) is 22.2 Å². The molecule has 2 N–H and O–H groups in total. The predicted molar refractivity (Wildman–Crippen MR) is 83.7 cm³/mol. The molecule has 0 aromatic heterocycles. The lowest BCUT2D eigenvalue weighted by atomic mass is 9.91. The third-order valence-electron chi connectivity index (χ3n) is 3.54. The van der Waals surface area contributed by atoms with Crippen molar-refractivity contribution in [1.29, 1.82) is 0 Å². The lowest BCUT2D eigenvalue weighted by Crippen LogP contribution is -2.14. The van der Waals surface area contributed by atoms with Crippen molar-refractivity contribution >= 4 is 23.5 Å². The molecule has 1 unspecified atom stereocenters. The fraction of sp³-hybridized carbons (Fsp3) is 0.176. The molecule has 22 heavy (non-hydrogen) atoms. The van der Waals surface area contributed by atoms with Gasteiger partial charge in [0, 0.05) is 5.02 Å². The number of aromatic carboxylic acids is 1. The molecular weight excluding hydrogens is 304 g/mol. The van der Waals surface area contributed by atoms with Crippen LogP contribution in [0.15, 0.2) is 42.5 Å². The highest BCUT2D eigenvalue weighted by molar-refractivity contribution is 6.31. The van der Waals surface area contributed by atoms with Crippen LogP contribution in [-0.2, 0) is 11.2 Å². The first-order valence-corrected chi connectivity index (χ1v) is 7.07. The summed E-state index contributed by atoms with van der Waals surface area (Å²) >= 11 is 6.06. The number of carboxylic acid groups (broad SMARTS) is 2. The van der Waals surface area contributed by atoms with Crippen LogP contribution in [0.2, 0.25) is 5.02 Å². The van der Waals surface area contributed by atoms with E-state index in [1.807, 2.05) is 6.92 Å². The number of carbonyl (C=O) groups is 2. The number of aryl methyl sites for hydroxylation is 1. The topological polar surface area (TPSA) is 74.6 Å². The van der Waals surface area contributed by atoms with Gasteiger partial charge in [0.25, 0.3) is 0 Å². The fourth-order valence-electron chi connectivity index (χ4n) is 2.19. The van der Waals surface area contributed by atoms with Gasteiger partial charge in [-0.15, -0.1) is 0 Å². The molecule has 0 amide bonds. The minimum atomic E-state index is -1.01. The van der Waals surface area contributed by atoms with Gasteiger partial charge in [0.2, 0.25) is 0 Å². The minimum Gasteiger partial charge on any atom is -0.481 e. The number of carboxylic acids is 2. The number of hydrogen-bond donors (Lipinski definition) is 2. The smallest absolute Gasteiger partial charge is 0.335 e. The summed E-state index contributed by atoms with van der Waals surface area (Å²) in [5, 5.41) is 18.9. The maximum Gasteiger partial charge on any atom is 0.335 e. The van der Waals surface area contributed by atoms with Gasteiger partial charge in [0.1, 0.15) is 0 Å². The lowest BCUT2D eigenvalue weighted by molar-refractivity contribution is -0.138. The Morgan fingerprint density at radius 2 is 1.73 bits per heavy atom. The first-order valence-electron chi connectivity index (χ1n) is 6.69. The number of aliphatic carboxylic acids is 1. The quantitative estimate of drug-likeness (QED) is 0.880. The second kappa shape index (κ2) is 6.62. The molecule has 2 aromatic rings. The van der Waals surface area contributed by atoms with E-state index in [0.29, 0.717) is 10.6 Å². The standard InChI is InChI=1S/C17H15ClO4/c1-10-2-5-13(9-15(10)18)14(17(21)22)8-11-3-6-12(7-4-11)16(19)20/h2-7,9,14H,8H2,1H3,(H,19,20)(H,21,22). The zero-order chi connectivity index (χ0) is 16.3. The summed E-state index contributed by atoms with van der Waals surface area (Å²) in [5.41, 5.74) is 2.45. The van der Waals surface area contributed by atoms with E-state index >= 15 is 0 Å². The SMILES string of the molecule is Cc1ccc(C(Cc2ccc(C(=O)O)cc2)C(=O)O)cc1Cl. The van der Waals surface area contributed by atoms with Gasteiger partial charge < -0.3 is 10.2 Å². The van der Waals surface area contributed by atoms with Gasteiger partial charge in [-0.25, -0.2) is 4.79 Å². The van der Waals surface area contributed by atoms with E-state index in [-0.39, 0.29) is 12.0 Å². The normalized spacial score (nSPS) is 11.9. The Labute approximate surface area is 133 Å². The van der Waals surface area contributed by atoms with E-state index in [2.05, 4.69) is 0 Å².